The monoisotopic (exact) mass is 331 g/mol. The van der Waals surface area contributed by atoms with Crippen molar-refractivity contribution >= 4 is 5.96 Å². The number of hydrogen-bond acceptors (Lipinski definition) is 2. The molecule has 0 heterocycles. The van der Waals surface area contributed by atoms with Crippen molar-refractivity contribution < 1.29 is 17.9 Å². The van der Waals surface area contributed by atoms with Crippen LogP contribution in [0, 0.1) is 0 Å². The van der Waals surface area contributed by atoms with Crippen molar-refractivity contribution in [3.63, 3.8) is 0 Å². The van der Waals surface area contributed by atoms with Gasteiger partial charge in [0.05, 0.1) is 6.54 Å². The molecule has 3 N–H and O–H groups in total. The Morgan fingerprint density at radius 3 is 2.74 bits per heavy atom. The number of unbranched alkanes of at least 4 members (excludes halogenated alkanes) is 3. The topological polar surface area (TPSA) is 59.6 Å². The van der Waals surface area contributed by atoms with Gasteiger partial charge in [-0.05, 0) is 24.1 Å². The highest BCUT2D eigenvalue weighted by Gasteiger charge is 2.28. The summed E-state index contributed by atoms with van der Waals surface area (Å²) in [6, 6.07) is 6.40. The highest BCUT2D eigenvalue weighted by Crippen LogP contribution is 2.19. The van der Waals surface area contributed by atoms with Gasteiger partial charge in [0.15, 0.2) is 12.6 Å². The fourth-order valence-corrected chi connectivity index (χ4v) is 1.90. The van der Waals surface area contributed by atoms with Crippen molar-refractivity contribution in [3.8, 4) is 5.75 Å². The molecule has 0 saturated heterocycles. The van der Waals surface area contributed by atoms with Crippen molar-refractivity contribution in [3.05, 3.63) is 29.8 Å². The molecule has 0 aromatic heterocycles. The highest BCUT2D eigenvalue weighted by molar-refractivity contribution is 5.77. The number of guanidine groups is 1. The van der Waals surface area contributed by atoms with Gasteiger partial charge in [0.2, 0.25) is 0 Å². The Hall–Kier alpha value is -1.92. The molecular weight excluding hydrogens is 307 g/mol. The Bertz CT molecular complexity index is 490. The number of halogens is 3. The lowest BCUT2D eigenvalue weighted by atomic mass is 10.2. The summed E-state index contributed by atoms with van der Waals surface area (Å²) >= 11 is 0. The van der Waals surface area contributed by atoms with Gasteiger partial charge in [0.25, 0.3) is 0 Å². The first-order valence-corrected chi connectivity index (χ1v) is 7.73. The number of nitrogens with zero attached hydrogens (tertiary/aromatic N) is 1. The van der Waals surface area contributed by atoms with Crippen LogP contribution in [-0.2, 0) is 6.54 Å². The van der Waals surface area contributed by atoms with Crippen molar-refractivity contribution in [2.75, 3.05) is 13.2 Å². The van der Waals surface area contributed by atoms with E-state index in [1.807, 2.05) is 0 Å². The third-order valence-corrected chi connectivity index (χ3v) is 3.07. The molecule has 1 rings (SSSR count). The lowest BCUT2D eigenvalue weighted by molar-refractivity contribution is -0.153. The number of benzene rings is 1. The molecule has 0 radical (unpaired) electrons. The first-order valence-electron chi connectivity index (χ1n) is 7.73. The standard InChI is InChI=1S/C16H24F3N3O/c1-2-3-4-5-9-21-15(20)22-11-13-7-6-8-14(10-13)23-12-16(17,18)19/h6-8,10H,2-5,9,11-12H2,1H3,(H3,20,21,22). The number of alkyl halides is 3. The summed E-state index contributed by atoms with van der Waals surface area (Å²) in [5.74, 6) is 0.504. The van der Waals surface area contributed by atoms with Crippen LogP contribution >= 0.6 is 0 Å². The van der Waals surface area contributed by atoms with E-state index in [-0.39, 0.29) is 12.3 Å². The van der Waals surface area contributed by atoms with Crippen molar-refractivity contribution in [1.82, 2.24) is 5.32 Å². The molecule has 0 amide bonds. The summed E-state index contributed by atoms with van der Waals surface area (Å²) < 4.78 is 41.1. The van der Waals surface area contributed by atoms with Crippen LogP contribution in [0.2, 0.25) is 0 Å². The molecule has 0 saturated carbocycles. The van der Waals surface area contributed by atoms with E-state index in [9.17, 15) is 13.2 Å². The molecule has 23 heavy (non-hydrogen) atoms. The van der Waals surface area contributed by atoms with Gasteiger partial charge < -0.3 is 15.8 Å². The van der Waals surface area contributed by atoms with Crippen LogP contribution < -0.4 is 15.8 Å². The number of rotatable bonds is 9. The summed E-state index contributed by atoms with van der Waals surface area (Å²) in [7, 11) is 0. The number of nitrogens with two attached hydrogens (primary N) is 1. The number of nitrogens with one attached hydrogen (secondary N) is 1. The number of aliphatic imine (C=N–C) groups is 1. The molecule has 0 fully saturated rings. The molecule has 0 aliphatic heterocycles. The third kappa shape index (κ3) is 9.65. The Balaban J connectivity index is 2.39. The summed E-state index contributed by atoms with van der Waals surface area (Å²) in [6.07, 6.45) is 0.209. The lowest BCUT2D eigenvalue weighted by Crippen LogP contribution is -2.32. The largest absolute Gasteiger partial charge is 0.484 e. The zero-order valence-corrected chi connectivity index (χ0v) is 13.3. The summed E-state index contributed by atoms with van der Waals surface area (Å²) in [6.45, 7) is 1.90. The van der Waals surface area contributed by atoms with Crippen LogP contribution in [0.25, 0.3) is 0 Å². The molecule has 0 aliphatic rings. The molecule has 0 unspecified atom stereocenters. The van der Waals surface area contributed by atoms with Crippen LogP contribution in [-0.4, -0.2) is 25.3 Å². The van der Waals surface area contributed by atoms with E-state index < -0.39 is 12.8 Å². The van der Waals surface area contributed by atoms with Crippen LogP contribution in [0.4, 0.5) is 13.2 Å². The minimum absolute atomic E-state index is 0.168. The van der Waals surface area contributed by atoms with E-state index in [0.717, 1.165) is 24.9 Å². The zero-order valence-electron chi connectivity index (χ0n) is 13.3. The Morgan fingerprint density at radius 2 is 2.04 bits per heavy atom. The molecule has 130 valence electrons. The van der Waals surface area contributed by atoms with E-state index in [1.165, 1.54) is 25.0 Å². The van der Waals surface area contributed by atoms with Gasteiger partial charge in [-0.25, -0.2) is 4.99 Å². The molecular formula is C16H24F3N3O. The SMILES string of the molecule is CCCCCCNC(N)=NCc1cccc(OCC(F)(F)F)c1. The maximum atomic E-state index is 12.1. The zero-order chi connectivity index (χ0) is 17.1. The van der Waals surface area contributed by atoms with Crippen LogP contribution in [0.15, 0.2) is 29.3 Å². The number of hydrogen-bond donors (Lipinski definition) is 2. The van der Waals surface area contributed by atoms with Crippen LogP contribution in [0.5, 0.6) is 5.75 Å². The molecule has 1 aromatic carbocycles. The maximum Gasteiger partial charge on any atom is 0.422 e. The molecule has 7 heteroatoms. The van der Waals surface area contributed by atoms with Crippen LogP contribution in [0.3, 0.4) is 0 Å². The number of ether oxygens (including phenoxy) is 1. The smallest absolute Gasteiger partial charge is 0.422 e. The highest BCUT2D eigenvalue weighted by atomic mass is 19.4. The summed E-state index contributed by atoms with van der Waals surface area (Å²) in [5.41, 5.74) is 6.49. The van der Waals surface area contributed by atoms with Gasteiger partial charge in [0, 0.05) is 6.54 Å². The Kier molecular flexibility index (Phi) is 8.29. The predicted octanol–water partition coefficient (Wildman–Crippen LogP) is 3.61. The van der Waals surface area contributed by atoms with Gasteiger partial charge in [0.1, 0.15) is 5.75 Å². The second kappa shape index (κ2) is 9.97. The van der Waals surface area contributed by atoms with E-state index in [2.05, 4.69) is 17.2 Å². The lowest BCUT2D eigenvalue weighted by Gasteiger charge is -2.10. The third-order valence-electron chi connectivity index (χ3n) is 3.07. The second-order valence-corrected chi connectivity index (χ2v) is 5.24. The fraction of sp³-hybridized carbons (Fsp3) is 0.562. The second-order valence-electron chi connectivity index (χ2n) is 5.24. The van der Waals surface area contributed by atoms with Gasteiger partial charge in [-0.1, -0.05) is 38.3 Å². The fourth-order valence-electron chi connectivity index (χ4n) is 1.90. The van der Waals surface area contributed by atoms with Gasteiger partial charge in [-0.15, -0.1) is 0 Å². The minimum atomic E-state index is -4.35. The molecule has 4 nitrogen and oxygen atoms in total. The normalized spacial score (nSPS) is 12.3. The van der Waals surface area contributed by atoms with Gasteiger partial charge >= 0.3 is 6.18 Å². The van der Waals surface area contributed by atoms with E-state index in [4.69, 9.17) is 10.5 Å². The van der Waals surface area contributed by atoms with E-state index in [0.29, 0.717) is 5.96 Å². The Morgan fingerprint density at radius 1 is 1.26 bits per heavy atom. The maximum absolute atomic E-state index is 12.1. The summed E-state index contributed by atoms with van der Waals surface area (Å²) in [5, 5.41) is 3.02. The van der Waals surface area contributed by atoms with E-state index >= 15 is 0 Å². The van der Waals surface area contributed by atoms with E-state index in [1.54, 1.807) is 12.1 Å². The van der Waals surface area contributed by atoms with Crippen LogP contribution in [0.1, 0.15) is 38.2 Å². The Labute approximate surface area is 134 Å². The summed E-state index contributed by atoms with van der Waals surface area (Å²) in [4.78, 5) is 4.17. The molecule has 1 aromatic rings. The predicted molar refractivity (Wildman–Crippen MR) is 85.5 cm³/mol. The molecule has 0 spiro atoms. The molecule has 0 atom stereocenters. The van der Waals surface area contributed by atoms with Gasteiger partial charge in [-0.3, -0.25) is 0 Å². The minimum Gasteiger partial charge on any atom is -0.484 e. The van der Waals surface area contributed by atoms with Crippen molar-refractivity contribution in [2.45, 2.75) is 45.3 Å². The quantitative estimate of drug-likeness (QED) is 0.413. The first-order chi connectivity index (χ1) is 10.9. The van der Waals surface area contributed by atoms with Crippen molar-refractivity contribution in [1.29, 1.82) is 0 Å². The van der Waals surface area contributed by atoms with Crippen molar-refractivity contribution in [2.24, 2.45) is 10.7 Å². The molecule has 0 aliphatic carbocycles. The average molecular weight is 331 g/mol. The van der Waals surface area contributed by atoms with Gasteiger partial charge in [-0.2, -0.15) is 13.2 Å². The average Bonchev–Trinajstić information content (AvgIpc) is 2.50. The molecule has 0 bridgehead atoms. The first kappa shape index (κ1) is 19.1.